The number of hydrogen-bond acceptors (Lipinski definition) is 5. The SMILES string of the molecule is CC(=O)N1CCC(SN2NC=CO2)C1. The molecule has 0 saturated carbocycles. The van der Waals surface area contributed by atoms with Crippen LogP contribution in [0.25, 0.3) is 0 Å². The lowest BCUT2D eigenvalue weighted by atomic mass is 10.4. The van der Waals surface area contributed by atoms with Gasteiger partial charge >= 0.3 is 0 Å². The van der Waals surface area contributed by atoms with E-state index in [1.807, 2.05) is 4.90 Å². The van der Waals surface area contributed by atoms with Gasteiger partial charge in [-0.15, -0.1) is 0 Å². The smallest absolute Gasteiger partial charge is 0.219 e. The lowest BCUT2D eigenvalue weighted by Crippen LogP contribution is -2.29. The molecule has 14 heavy (non-hydrogen) atoms. The summed E-state index contributed by atoms with van der Waals surface area (Å²) in [4.78, 5) is 18.0. The second-order valence-electron chi connectivity index (χ2n) is 3.28. The number of nitrogens with one attached hydrogen (secondary N) is 1. The molecule has 0 aromatic heterocycles. The van der Waals surface area contributed by atoms with E-state index in [2.05, 4.69) is 5.43 Å². The molecule has 0 aliphatic carbocycles. The Hall–Kier alpha value is -0.880. The third kappa shape index (κ3) is 2.13. The minimum atomic E-state index is 0.154. The van der Waals surface area contributed by atoms with E-state index in [4.69, 9.17) is 4.84 Å². The highest BCUT2D eigenvalue weighted by Gasteiger charge is 2.27. The van der Waals surface area contributed by atoms with Crippen LogP contribution in [-0.2, 0) is 9.63 Å². The summed E-state index contributed by atoms with van der Waals surface area (Å²) in [6, 6.07) is 0. The first kappa shape index (κ1) is 9.67. The van der Waals surface area contributed by atoms with Gasteiger partial charge in [-0.2, -0.15) is 0 Å². The predicted octanol–water partition coefficient (Wildman–Crippen LogP) is 0.478. The van der Waals surface area contributed by atoms with E-state index in [-0.39, 0.29) is 5.91 Å². The molecule has 2 rings (SSSR count). The van der Waals surface area contributed by atoms with Crippen molar-refractivity contribution in [3.05, 3.63) is 12.5 Å². The van der Waals surface area contributed by atoms with Crippen LogP contribution >= 0.6 is 11.9 Å². The molecule has 0 radical (unpaired) electrons. The first-order chi connectivity index (χ1) is 6.75. The molecule has 1 fully saturated rings. The van der Waals surface area contributed by atoms with Crippen molar-refractivity contribution in [1.82, 2.24) is 14.9 Å². The Bertz CT molecular complexity index is 251. The maximum absolute atomic E-state index is 11.1. The molecule has 1 amide bonds. The molecule has 6 heteroatoms. The molecule has 5 nitrogen and oxygen atoms in total. The van der Waals surface area contributed by atoms with Gasteiger partial charge in [0.2, 0.25) is 5.91 Å². The fourth-order valence-corrected chi connectivity index (χ4v) is 2.45. The van der Waals surface area contributed by atoms with Crippen LogP contribution in [0.3, 0.4) is 0 Å². The van der Waals surface area contributed by atoms with E-state index >= 15 is 0 Å². The van der Waals surface area contributed by atoms with E-state index in [1.165, 1.54) is 0 Å². The van der Waals surface area contributed by atoms with Gasteiger partial charge in [0.05, 0.1) is 6.20 Å². The Morgan fingerprint density at radius 1 is 1.71 bits per heavy atom. The van der Waals surface area contributed by atoms with Crippen molar-refractivity contribution in [1.29, 1.82) is 0 Å². The van der Waals surface area contributed by atoms with Gasteiger partial charge in [-0.25, -0.2) is 0 Å². The zero-order valence-corrected chi connectivity index (χ0v) is 8.79. The number of likely N-dealkylation sites (tertiary alicyclic amines) is 1. The summed E-state index contributed by atoms with van der Waals surface area (Å²) >= 11 is 1.58. The van der Waals surface area contributed by atoms with Gasteiger partial charge in [-0.3, -0.25) is 10.2 Å². The van der Waals surface area contributed by atoms with Crippen LogP contribution in [0, 0.1) is 0 Å². The van der Waals surface area contributed by atoms with Gasteiger partial charge in [-0.05, 0) is 18.4 Å². The average Bonchev–Trinajstić information content (AvgIpc) is 2.75. The lowest BCUT2D eigenvalue weighted by molar-refractivity contribution is -0.127. The maximum atomic E-state index is 11.1. The molecule has 78 valence electrons. The zero-order chi connectivity index (χ0) is 9.97. The molecule has 2 aliphatic heterocycles. The van der Waals surface area contributed by atoms with Crippen LogP contribution in [0.15, 0.2) is 12.5 Å². The number of hydrogen-bond donors (Lipinski definition) is 1. The van der Waals surface area contributed by atoms with Gasteiger partial charge in [0.25, 0.3) is 0 Å². The molecule has 2 aliphatic rings. The fourth-order valence-electron chi connectivity index (χ4n) is 1.50. The molecular weight excluding hydrogens is 202 g/mol. The van der Waals surface area contributed by atoms with Crippen molar-refractivity contribution in [3.8, 4) is 0 Å². The Morgan fingerprint density at radius 3 is 3.14 bits per heavy atom. The van der Waals surface area contributed by atoms with Crippen LogP contribution in [-0.4, -0.2) is 33.7 Å². The van der Waals surface area contributed by atoms with Gasteiger partial charge in [-0.1, -0.05) is 0 Å². The zero-order valence-electron chi connectivity index (χ0n) is 7.97. The van der Waals surface area contributed by atoms with Crippen molar-refractivity contribution in [2.24, 2.45) is 0 Å². The number of amides is 1. The topological polar surface area (TPSA) is 44.8 Å². The number of hydrazine groups is 1. The second kappa shape index (κ2) is 4.10. The predicted molar refractivity (Wildman–Crippen MR) is 53.4 cm³/mol. The van der Waals surface area contributed by atoms with Crippen molar-refractivity contribution in [2.45, 2.75) is 18.6 Å². The van der Waals surface area contributed by atoms with Gasteiger partial charge in [0.1, 0.15) is 6.26 Å². The standard InChI is InChI=1S/C8H13N3O2S/c1-7(12)10-4-2-8(6-10)14-11-9-3-5-13-11/h3,5,8-9H,2,4,6H2,1H3. The number of carbonyl (C=O) groups excluding carboxylic acids is 1. The van der Waals surface area contributed by atoms with Crippen molar-refractivity contribution >= 4 is 17.9 Å². The highest BCUT2D eigenvalue weighted by atomic mass is 32.2. The number of nitrogens with zero attached hydrogens (tertiary/aromatic N) is 2. The van der Waals surface area contributed by atoms with Crippen LogP contribution in [0.1, 0.15) is 13.3 Å². The monoisotopic (exact) mass is 215 g/mol. The van der Waals surface area contributed by atoms with Crippen LogP contribution in [0.4, 0.5) is 0 Å². The minimum absolute atomic E-state index is 0.154. The summed E-state index contributed by atoms with van der Waals surface area (Å²) in [5.41, 5.74) is 2.92. The summed E-state index contributed by atoms with van der Waals surface area (Å²) in [5.74, 6) is 0.154. The molecule has 0 spiro atoms. The largest absolute Gasteiger partial charge is 0.382 e. The van der Waals surface area contributed by atoms with Crippen LogP contribution in [0.2, 0.25) is 0 Å². The quantitative estimate of drug-likeness (QED) is 0.679. The Balaban J connectivity index is 1.75. The van der Waals surface area contributed by atoms with E-state index in [0.29, 0.717) is 5.25 Å². The maximum Gasteiger partial charge on any atom is 0.219 e. The lowest BCUT2D eigenvalue weighted by Gasteiger charge is -2.17. The fraction of sp³-hybridized carbons (Fsp3) is 0.625. The minimum Gasteiger partial charge on any atom is -0.382 e. The van der Waals surface area contributed by atoms with E-state index < -0.39 is 0 Å². The molecule has 0 aromatic rings. The normalized spacial score (nSPS) is 26.4. The number of rotatable bonds is 2. The van der Waals surface area contributed by atoms with Crippen LogP contribution in [0.5, 0.6) is 0 Å². The molecule has 1 N–H and O–H groups in total. The van der Waals surface area contributed by atoms with Crippen molar-refractivity contribution < 1.29 is 9.63 Å². The Kier molecular flexibility index (Phi) is 2.83. The van der Waals surface area contributed by atoms with Gasteiger partial charge in [0, 0.05) is 29.8 Å². The third-order valence-electron chi connectivity index (χ3n) is 2.24. The van der Waals surface area contributed by atoms with Crippen LogP contribution < -0.4 is 5.43 Å². The molecule has 2 heterocycles. The number of carbonyl (C=O) groups is 1. The first-order valence-corrected chi connectivity index (χ1v) is 5.40. The van der Waals surface area contributed by atoms with E-state index in [9.17, 15) is 4.79 Å². The molecule has 0 bridgehead atoms. The Labute approximate surface area is 87.1 Å². The average molecular weight is 215 g/mol. The Morgan fingerprint density at radius 2 is 2.57 bits per heavy atom. The molecule has 1 atom stereocenters. The summed E-state index contributed by atoms with van der Waals surface area (Å²) in [6.45, 7) is 3.27. The third-order valence-corrected chi connectivity index (χ3v) is 3.31. The summed E-state index contributed by atoms with van der Waals surface area (Å²) in [7, 11) is 0. The van der Waals surface area contributed by atoms with Gasteiger partial charge in [0.15, 0.2) is 0 Å². The first-order valence-electron chi connectivity index (χ1n) is 4.56. The molecule has 0 aromatic carbocycles. The molecule has 1 unspecified atom stereocenters. The summed E-state index contributed by atoms with van der Waals surface area (Å²) in [5, 5.41) is 0.422. The van der Waals surface area contributed by atoms with Gasteiger partial charge < -0.3 is 9.74 Å². The highest BCUT2D eigenvalue weighted by Crippen LogP contribution is 2.25. The second-order valence-corrected chi connectivity index (χ2v) is 4.48. The molecule has 1 saturated heterocycles. The summed E-state index contributed by atoms with van der Waals surface area (Å²) < 4.78 is 1.61. The highest BCUT2D eigenvalue weighted by molar-refractivity contribution is 7.97. The van der Waals surface area contributed by atoms with E-state index in [0.717, 1.165) is 19.5 Å². The van der Waals surface area contributed by atoms with Crippen molar-refractivity contribution in [3.63, 3.8) is 0 Å². The molecular formula is C8H13N3O2S. The summed E-state index contributed by atoms with van der Waals surface area (Å²) in [6.07, 6.45) is 4.33. The van der Waals surface area contributed by atoms with E-state index in [1.54, 1.807) is 35.9 Å². The van der Waals surface area contributed by atoms with Crippen molar-refractivity contribution in [2.75, 3.05) is 13.1 Å².